The SMILES string of the molecule is CC(C)[C@@H]1CC[C@@H](C)C[C@H]1O[C@H]1OC(=O)C=C1[C@H]1CCN([C@H](C)c2ccccc2)C1. The van der Waals surface area contributed by atoms with Crippen molar-refractivity contribution in [2.24, 2.45) is 23.7 Å². The fourth-order valence-corrected chi connectivity index (χ4v) is 5.61. The number of likely N-dealkylation sites (tertiary alicyclic amines) is 1. The van der Waals surface area contributed by atoms with Crippen molar-refractivity contribution in [2.75, 3.05) is 13.1 Å². The fraction of sp³-hybridized carbons (Fsp3) is 0.654. The molecule has 1 aromatic rings. The number of hydrogen-bond donors (Lipinski definition) is 0. The zero-order valence-electron chi connectivity index (χ0n) is 18.9. The van der Waals surface area contributed by atoms with Gasteiger partial charge in [0.05, 0.1) is 6.10 Å². The minimum atomic E-state index is -0.494. The molecule has 2 aliphatic heterocycles. The average Bonchev–Trinajstić information content (AvgIpc) is 3.34. The summed E-state index contributed by atoms with van der Waals surface area (Å²) in [7, 11) is 0. The van der Waals surface area contributed by atoms with Crippen LogP contribution in [0, 0.1) is 23.7 Å². The number of benzene rings is 1. The molecule has 2 heterocycles. The molecule has 0 bridgehead atoms. The number of hydrogen-bond acceptors (Lipinski definition) is 4. The van der Waals surface area contributed by atoms with Crippen molar-refractivity contribution in [3.63, 3.8) is 0 Å². The lowest BCUT2D eigenvalue weighted by Crippen LogP contribution is -2.38. The summed E-state index contributed by atoms with van der Waals surface area (Å²) < 4.78 is 12.2. The van der Waals surface area contributed by atoms with E-state index in [1.54, 1.807) is 6.08 Å². The highest BCUT2D eigenvalue weighted by Gasteiger charge is 2.41. The minimum Gasteiger partial charge on any atom is -0.428 e. The van der Waals surface area contributed by atoms with E-state index in [1.807, 2.05) is 0 Å². The number of esters is 1. The van der Waals surface area contributed by atoms with E-state index in [1.165, 1.54) is 18.4 Å². The first-order valence-corrected chi connectivity index (χ1v) is 11.8. The zero-order chi connectivity index (χ0) is 21.3. The van der Waals surface area contributed by atoms with Gasteiger partial charge in [0.15, 0.2) is 0 Å². The van der Waals surface area contributed by atoms with Crippen LogP contribution in [0.4, 0.5) is 0 Å². The van der Waals surface area contributed by atoms with Crippen molar-refractivity contribution in [3.8, 4) is 0 Å². The molecule has 164 valence electrons. The van der Waals surface area contributed by atoms with Crippen LogP contribution in [0.2, 0.25) is 0 Å². The normalized spacial score (nSPS) is 33.6. The van der Waals surface area contributed by atoms with Crippen molar-refractivity contribution >= 4 is 5.97 Å². The molecule has 4 nitrogen and oxygen atoms in total. The van der Waals surface area contributed by atoms with Crippen molar-refractivity contribution in [1.82, 2.24) is 4.90 Å². The van der Waals surface area contributed by atoms with E-state index in [0.29, 0.717) is 29.7 Å². The highest BCUT2D eigenvalue weighted by atomic mass is 16.7. The molecule has 1 aliphatic carbocycles. The third-order valence-electron chi connectivity index (χ3n) is 7.56. The van der Waals surface area contributed by atoms with Gasteiger partial charge in [-0.25, -0.2) is 4.79 Å². The molecule has 1 aromatic carbocycles. The number of ether oxygens (including phenoxy) is 2. The molecule has 0 N–H and O–H groups in total. The molecule has 6 atom stereocenters. The quantitative estimate of drug-likeness (QED) is 0.591. The van der Waals surface area contributed by atoms with Gasteiger partial charge in [0.1, 0.15) is 0 Å². The van der Waals surface area contributed by atoms with Crippen molar-refractivity contribution in [1.29, 1.82) is 0 Å². The van der Waals surface area contributed by atoms with Gasteiger partial charge in [-0.3, -0.25) is 4.90 Å². The Morgan fingerprint density at radius 1 is 1.10 bits per heavy atom. The summed E-state index contributed by atoms with van der Waals surface area (Å²) in [5, 5.41) is 0. The summed E-state index contributed by atoms with van der Waals surface area (Å²) in [5.41, 5.74) is 2.40. The van der Waals surface area contributed by atoms with Crippen LogP contribution in [0.3, 0.4) is 0 Å². The first-order chi connectivity index (χ1) is 14.4. The van der Waals surface area contributed by atoms with E-state index in [0.717, 1.165) is 31.5 Å². The second kappa shape index (κ2) is 9.23. The summed E-state index contributed by atoms with van der Waals surface area (Å²) in [6.45, 7) is 11.1. The predicted octanol–water partition coefficient (Wildman–Crippen LogP) is 5.36. The van der Waals surface area contributed by atoms with E-state index in [2.05, 4.69) is 62.9 Å². The van der Waals surface area contributed by atoms with Crippen LogP contribution in [0.15, 0.2) is 42.0 Å². The van der Waals surface area contributed by atoms with Gasteiger partial charge in [0, 0.05) is 30.2 Å². The molecule has 0 unspecified atom stereocenters. The van der Waals surface area contributed by atoms with E-state index in [-0.39, 0.29) is 12.1 Å². The van der Waals surface area contributed by atoms with Gasteiger partial charge in [0.2, 0.25) is 6.29 Å². The Kier molecular flexibility index (Phi) is 6.64. The van der Waals surface area contributed by atoms with Crippen LogP contribution in [0.25, 0.3) is 0 Å². The van der Waals surface area contributed by atoms with Crippen molar-refractivity contribution in [3.05, 3.63) is 47.5 Å². The Labute approximate surface area is 181 Å². The van der Waals surface area contributed by atoms with Gasteiger partial charge >= 0.3 is 5.97 Å². The van der Waals surface area contributed by atoms with Crippen molar-refractivity contribution < 1.29 is 14.3 Å². The summed E-state index contributed by atoms with van der Waals surface area (Å²) in [4.78, 5) is 14.7. The van der Waals surface area contributed by atoms with Gasteiger partial charge in [-0.2, -0.15) is 0 Å². The number of carbonyl (C=O) groups excluding carboxylic acids is 1. The van der Waals surface area contributed by atoms with Crippen LogP contribution >= 0.6 is 0 Å². The average molecular weight is 412 g/mol. The standard InChI is InChI=1S/C26H37NO3/c1-17(2)22-11-10-18(3)14-24(22)29-26-23(15-25(28)30-26)21-12-13-27(16-21)19(4)20-8-6-5-7-9-20/h5-9,15,17-19,21-22,24,26H,10-14,16H2,1-4H3/t18-,19-,21+,22+,24-,26+/m1/s1. The Hall–Kier alpha value is -1.65. The van der Waals surface area contributed by atoms with Crippen molar-refractivity contribution in [2.45, 2.75) is 71.8 Å². The Balaban J connectivity index is 1.43. The lowest BCUT2D eigenvalue weighted by atomic mass is 9.75. The Morgan fingerprint density at radius 2 is 1.87 bits per heavy atom. The van der Waals surface area contributed by atoms with Crippen LogP contribution in [0.5, 0.6) is 0 Å². The molecular weight excluding hydrogens is 374 g/mol. The molecule has 0 aromatic heterocycles. The maximum atomic E-state index is 12.2. The first-order valence-electron chi connectivity index (χ1n) is 11.8. The molecular formula is C26H37NO3. The first kappa shape index (κ1) is 21.6. The molecule has 4 rings (SSSR count). The molecule has 0 amide bonds. The molecule has 4 heteroatoms. The monoisotopic (exact) mass is 411 g/mol. The number of nitrogens with zero attached hydrogens (tertiary/aromatic N) is 1. The fourth-order valence-electron chi connectivity index (χ4n) is 5.61. The Bertz CT molecular complexity index is 759. The molecule has 3 aliphatic rings. The van der Waals surface area contributed by atoms with Crippen LogP contribution in [0.1, 0.15) is 65.0 Å². The number of rotatable bonds is 6. The maximum absolute atomic E-state index is 12.2. The smallest absolute Gasteiger partial charge is 0.333 e. The topological polar surface area (TPSA) is 38.8 Å². The molecule has 1 saturated heterocycles. The Morgan fingerprint density at radius 3 is 2.60 bits per heavy atom. The molecule has 1 saturated carbocycles. The molecule has 0 radical (unpaired) electrons. The summed E-state index contributed by atoms with van der Waals surface area (Å²) in [6.07, 6.45) is 5.97. The molecule has 0 spiro atoms. The third-order valence-corrected chi connectivity index (χ3v) is 7.56. The van der Waals surface area contributed by atoms with E-state index < -0.39 is 6.29 Å². The summed E-state index contributed by atoms with van der Waals surface area (Å²) in [6, 6.07) is 11.0. The van der Waals surface area contributed by atoms with Crippen LogP contribution in [-0.2, 0) is 14.3 Å². The largest absolute Gasteiger partial charge is 0.428 e. The van der Waals surface area contributed by atoms with E-state index >= 15 is 0 Å². The third kappa shape index (κ3) is 4.65. The summed E-state index contributed by atoms with van der Waals surface area (Å²) >= 11 is 0. The van der Waals surface area contributed by atoms with Crippen LogP contribution < -0.4 is 0 Å². The zero-order valence-corrected chi connectivity index (χ0v) is 18.9. The van der Waals surface area contributed by atoms with Gasteiger partial charge in [-0.05, 0) is 56.0 Å². The van der Waals surface area contributed by atoms with Gasteiger partial charge < -0.3 is 9.47 Å². The second-order valence-electron chi connectivity index (χ2n) is 9.98. The van der Waals surface area contributed by atoms with Crippen LogP contribution in [-0.4, -0.2) is 36.4 Å². The second-order valence-corrected chi connectivity index (χ2v) is 9.98. The summed E-state index contributed by atoms with van der Waals surface area (Å²) in [5.74, 6) is 1.88. The lowest BCUT2D eigenvalue weighted by molar-refractivity contribution is -0.182. The molecule has 2 fully saturated rings. The van der Waals surface area contributed by atoms with Gasteiger partial charge in [-0.1, -0.05) is 57.5 Å². The number of cyclic esters (lactones) is 1. The number of carbonyl (C=O) groups is 1. The minimum absolute atomic E-state index is 0.175. The van der Waals surface area contributed by atoms with Gasteiger partial charge in [0.25, 0.3) is 0 Å². The maximum Gasteiger partial charge on any atom is 0.333 e. The predicted molar refractivity (Wildman–Crippen MR) is 119 cm³/mol. The molecule has 30 heavy (non-hydrogen) atoms. The van der Waals surface area contributed by atoms with E-state index in [9.17, 15) is 4.79 Å². The highest BCUT2D eigenvalue weighted by Crippen LogP contribution is 2.40. The highest BCUT2D eigenvalue weighted by molar-refractivity contribution is 5.85. The van der Waals surface area contributed by atoms with E-state index in [4.69, 9.17) is 9.47 Å². The van der Waals surface area contributed by atoms with Gasteiger partial charge in [-0.15, -0.1) is 0 Å². The lowest BCUT2D eigenvalue weighted by Gasteiger charge is -2.38.